The number of aromatic nitrogens is 2. The Morgan fingerprint density at radius 2 is 2.32 bits per heavy atom. The fraction of sp³-hybridized carbons (Fsp3) is 0.786. The van der Waals surface area contributed by atoms with Crippen LogP contribution in [0, 0.1) is 5.92 Å². The summed E-state index contributed by atoms with van der Waals surface area (Å²) in [5.41, 5.74) is 8.35. The molecule has 2 atom stereocenters. The molecule has 0 saturated carbocycles. The van der Waals surface area contributed by atoms with Crippen molar-refractivity contribution in [2.45, 2.75) is 52.1 Å². The van der Waals surface area contributed by atoms with Gasteiger partial charge in [-0.15, -0.1) is 0 Å². The molecular weight excluding hydrogens is 262 g/mol. The molecule has 5 heteroatoms. The predicted octanol–water partition coefficient (Wildman–Crippen LogP) is 2.42. The second-order valence-electron chi connectivity index (χ2n) is 5.31. The molecule has 1 aromatic rings. The van der Waals surface area contributed by atoms with Crippen LogP contribution >= 0.6 is 11.6 Å². The second kappa shape index (κ2) is 6.73. The van der Waals surface area contributed by atoms with Crippen molar-refractivity contribution in [1.82, 2.24) is 9.78 Å². The van der Waals surface area contributed by atoms with Crippen molar-refractivity contribution in [2.24, 2.45) is 11.7 Å². The lowest BCUT2D eigenvalue weighted by atomic mass is 9.97. The molecule has 0 amide bonds. The Morgan fingerprint density at radius 3 is 2.89 bits per heavy atom. The summed E-state index contributed by atoms with van der Waals surface area (Å²) in [7, 11) is 0. The van der Waals surface area contributed by atoms with E-state index < -0.39 is 0 Å². The minimum Gasteiger partial charge on any atom is -0.381 e. The smallest absolute Gasteiger partial charge is 0.0850 e. The van der Waals surface area contributed by atoms with Crippen molar-refractivity contribution in [3.05, 3.63) is 16.4 Å². The van der Waals surface area contributed by atoms with Crippen LogP contribution in [0.4, 0.5) is 0 Å². The first-order valence-corrected chi connectivity index (χ1v) is 7.60. The van der Waals surface area contributed by atoms with E-state index in [1.165, 1.54) is 0 Å². The van der Waals surface area contributed by atoms with Crippen LogP contribution in [0.3, 0.4) is 0 Å². The van der Waals surface area contributed by atoms with E-state index in [-0.39, 0.29) is 6.04 Å². The van der Waals surface area contributed by atoms with Gasteiger partial charge in [0.15, 0.2) is 0 Å². The molecule has 1 aliphatic heterocycles. The number of halogens is 1. The highest BCUT2D eigenvalue weighted by atomic mass is 35.5. The summed E-state index contributed by atoms with van der Waals surface area (Å²) in [6, 6.07) is 0.135. The van der Waals surface area contributed by atoms with Crippen molar-refractivity contribution < 1.29 is 4.74 Å². The van der Waals surface area contributed by atoms with Gasteiger partial charge in [-0.25, -0.2) is 0 Å². The molecule has 4 nitrogen and oxygen atoms in total. The fourth-order valence-electron chi connectivity index (χ4n) is 2.74. The average Bonchev–Trinajstić information content (AvgIpc) is 2.99. The van der Waals surface area contributed by atoms with Gasteiger partial charge in [-0.05, 0) is 32.1 Å². The highest BCUT2D eigenvalue weighted by molar-refractivity contribution is 6.31. The number of nitrogens with two attached hydrogens (primary N) is 1. The molecule has 108 valence electrons. The van der Waals surface area contributed by atoms with Gasteiger partial charge in [0.25, 0.3) is 0 Å². The van der Waals surface area contributed by atoms with E-state index in [0.29, 0.717) is 5.92 Å². The topological polar surface area (TPSA) is 53.1 Å². The van der Waals surface area contributed by atoms with Crippen LogP contribution in [0.2, 0.25) is 5.02 Å². The van der Waals surface area contributed by atoms with Gasteiger partial charge in [-0.3, -0.25) is 4.68 Å². The van der Waals surface area contributed by atoms with Gasteiger partial charge in [-0.2, -0.15) is 5.10 Å². The summed E-state index contributed by atoms with van der Waals surface area (Å²) < 4.78 is 7.39. The van der Waals surface area contributed by atoms with Crippen LogP contribution in [-0.4, -0.2) is 29.0 Å². The molecule has 2 heterocycles. The molecule has 2 N–H and O–H groups in total. The first-order chi connectivity index (χ1) is 9.15. The summed E-state index contributed by atoms with van der Waals surface area (Å²) in [5.74, 6) is 0.609. The first-order valence-electron chi connectivity index (χ1n) is 7.23. The molecule has 0 aromatic carbocycles. The van der Waals surface area contributed by atoms with Gasteiger partial charge in [0, 0.05) is 32.2 Å². The van der Waals surface area contributed by atoms with Gasteiger partial charge < -0.3 is 10.5 Å². The highest BCUT2D eigenvalue weighted by Gasteiger charge is 2.22. The average molecular weight is 286 g/mol. The number of hydrogen-bond acceptors (Lipinski definition) is 3. The Kier molecular flexibility index (Phi) is 5.25. The van der Waals surface area contributed by atoms with Crippen LogP contribution in [-0.2, 0) is 24.1 Å². The summed E-state index contributed by atoms with van der Waals surface area (Å²) in [5, 5.41) is 5.34. The van der Waals surface area contributed by atoms with E-state index in [9.17, 15) is 0 Å². The Balaban J connectivity index is 2.02. The lowest BCUT2D eigenvalue weighted by Gasteiger charge is -2.16. The number of aryl methyl sites for hydroxylation is 2. The SMILES string of the molecule is CCc1nn(CC)c(CC(N)CC2CCOC2)c1Cl. The molecule has 19 heavy (non-hydrogen) atoms. The molecule has 0 spiro atoms. The van der Waals surface area contributed by atoms with Crippen molar-refractivity contribution in [2.75, 3.05) is 13.2 Å². The predicted molar refractivity (Wildman–Crippen MR) is 77.5 cm³/mol. The maximum Gasteiger partial charge on any atom is 0.0850 e. The molecule has 0 bridgehead atoms. The number of nitrogens with zero attached hydrogens (tertiary/aromatic N) is 2. The summed E-state index contributed by atoms with van der Waals surface area (Å²) in [6.07, 6.45) is 3.81. The van der Waals surface area contributed by atoms with E-state index in [0.717, 1.165) is 61.9 Å². The third kappa shape index (κ3) is 3.50. The maximum atomic E-state index is 6.41. The zero-order valence-electron chi connectivity index (χ0n) is 11.9. The van der Waals surface area contributed by atoms with E-state index in [1.807, 2.05) is 4.68 Å². The molecule has 1 fully saturated rings. The van der Waals surface area contributed by atoms with Gasteiger partial charge in [0.2, 0.25) is 0 Å². The van der Waals surface area contributed by atoms with Crippen molar-refractivity contribution in [3.8, 4) is 0 Å². The zero-order valence-corrected chi connectivity index (χ0v) is 12.6. The fourth-order valence-corrected chi connectivity index (χ4v) is 3.09. The van der Waals surface area contributed by atoms with Crippen molar-refractivity contribution in [3.63, 3.8) is 0 Å². The Morgan fingerprint density at radius 1 is 1.53 bits per heavy atom. The minimum atomic E-state index is 0.135. The van der Waals surface area contributed by atoms with E-state index in [1.54, 1.807) is 0 Å². The largest absolute Gasteiger partial charge is 0.381 e. The van der Waals surface area contributed by atoms with Crippen molar-refractivity contribution in [1.29, 1.82) is 0 Å². The third-order valence-electron chi connectivity index (χ3n) is 3.81. The van der Waals surface area contributed by atoms with Crippen LogP contribution in [0.1, 0.15) is 38.1 Å². The molecule has 0 radical (unpaired) electrons. The van der Waals surface area contributed by atoms with Gasteiger partial charge in [0.1, 0.15) is 0 Å². The van der Waals surface area contributed by atoms with Crippen LogP contribution in [0.25, 0.3) is 0 Å². The Hall–Kier alpha value is -0.580. The van der Waals surface area contributed by atoms with E-state index in [2.05, 4.69) is 18.9 Å². The van der Waals surface area contributed by atoms with Gasteiger partial charge in [-0.1, -0.05) is 18.5 Å². The molecule has 2 rings (SSSR count). The molecule has 1 saturated heterocycles. The zero-order chi connectivity index (χ0) is 13.8. The summed E-state index contributed by atoms with van der Waals surface area (Å²) in [4.78, 5) is 0. The number of rotatable bonds is 6. The monoisotopic (exact) mass is 285 g/mol. The number of ether oxygens (including phenoxy) is 1. The number of hydrogen-bond donors (Lipinski definition) is 1. The lowest BCUT2D eigenvalue weighted by molar-refractivity contribution is 0.182. The van der Waals surface area contributed by atoms with Crippen LogP contribution in [0.15, 0.2) is 0 Å². The highest BCUT2D eigenvalue weighted by Crippen LogP contribution is 2.25. The lowest BCUT2D eigenvalue weighted by Crippen LogP contribution is -2.27. The molecule has 1 aromatic heterocycles. The Labute approximate surface area is 120 Å². The quantitative estimate of drug-likeness (QED) is 0.873. The van der Waals surface area contributed by atoms with Crippen LogP contribution in [0.5, 0.6) is 0 Å². The van der Waals surface area contributed by atoms with Gasteiger partial charge >= 0.3 is 0 Å². The third-order valence-corrected chi connectivity index (χ3v) is 4.25. The second-order valence-corrected chi connectivity index (χ2v) is 5.68. The standard InChI is InChI=1S/C14H24ClN3O/c1-3-12-14(15)13(18(4-2)17-12)8-11(16)7-10-5-6-19-9-10/h10-11H,3-9,16H2,1-2H3. The van der Waals surface area contributed by atoms with Gasteiger partial charge in [0.05, 0.1) is 16.4 Å². The molecule has 1 aliphatic rings. The summed E-state index contributed by atoms with van der Waals surface area (Å²) >= 11 is 6.41. The van der Waals surface area contributed by atoms with Crippen LogP contribution < -0.4 is 5.73 Å². The van der Waals surface area contributed by atoms with E-state index in [4.69, 9.17) is 22.1 Å². The molecule has 2 unspecified atom stereocenters. The normalized spacial score (nSPS) is 20.9. The Bertz CT molecular complexity index is 413. The first kappa shape index (κ1) is 14.8. The maximum absolute atomic E-state index is 6.41. The van der Waals surface area contributed by atoms with Crippen molar-refractivity contribution >= 4 is 11.6 Å². The molecular formula is C14H24ClN3O. The molecule has 0 aliphatic carbocycles. The summed E-state index contributed by atoms with van der Waals surface area (Å²) in [6.45, 7) is 6.74. The van der Waals surface area contributed by atoms with E-state index >= 15 is 0 Å². The minimum absolute atomic E-state index is 0.135.